The van der Waals surface area contributed by atoms with Crippen molar-refractivity contribution in [1.29, 1.82) is 0 Å². The molecule has 7 nitrogen and oxygen atoms in total. The van der Waals surface area contributed by atoms with Crippen molar-refractivity contribution >= 4 is 28.3 Å². The first kappa shape index (κ1) is 15.5. The fraction of sp³-hybridized carbons (Fsp3) is 0.400. The van der Waals surface area contributed by atoms with E-state index in [1.807, 2.05) is 6.20 Å². The second kappa shape index (κ2) is 6.82. The number of anilines is 1. The Kier molecular flexibility index (Phi) is 4.61. The highest BCUT2D eigenvalue weighted by Crippen LogP contribution is 2.27. The average Bonchev–Trinajstić information content (AvgIpc) is 3.26. The Hall–Kier alpha value is -2.35. The predicted molar refractivity (Wildman–Crippen MR) is 86.8 cm³/mol. The van der Waals surface area contributed by atoms with Crippen LogP contribution in [0.3, 0.4) is 0 Å². The molecule has 2 amide bonds. The predicted octanol–water partition coefficient (Wildman–Crippen LogP) is 2.67. The Labute approximate surface area is 137 Å². The zero-order valence-electron chi connectivity index (χ0n) is 12.7. The van der Waals surface area contributed by atoms with Crippen LogP contribution >= 0.6 is 11.3 Å². The highest BCUT2D eigenvalue weighted by atomic mass is 32.1. The van der Waals surface area contributed by atoms with E-state index in [0.717, 1.165) is 18.5 Å². The number of nitrogens with zero attached hydrogens (tertiary/aromatic N) is 2. The number of H-pyrrole nitrogens is 1. The zero-order valence-corrected chi connectivity index (χ0v) is 13.6. The van der Waals surface area contributed by atoms with Crippen molar-refractivity contribution in [3.8, 4) is 0 Å². The number of carbonyl (C=O) groups is 2. The van der Waals surface area contributed by atoms with Gasteiger partial charge in [0.1, 0.15) is 0 Å². The first-order valence-electron chi connectivity index (χ1n) is 7.38. The lowest BCUT2D eigenvalue weighted by Crippen LogP contribution is -2.40. The van der Waals surface area contributed by atoms with Crippen molar-refractivity contribution in [3.05, 3.63) is 35.2 Å². The molecule has 0 aliphatic carbocycles. The first-order chi connectivity index (χ1) is 11.2. The van der Waals surface area contributed by atoms with Crippen molar-refractivity contribution in [2.75, 3.05) is 25.5 Å². The maximum atomic E-state index is 12.3. The molecule has 2 N–H and O–H groups in total. The van der Waals surface area contributed by atoms with E-state index in [2.05, 4.69) is 20.0 Å². The number of esters is 1. The molecule has 1 saturated heterocycles. The number of carbonyl (C=O) groups excluding carboxylic acids is 2. The molecule has 0 spiro atoms. The third kappa shape index (κ3) is 3.53. The van der Waals surface area contributed by atoms with Crippen LogP contribution in [0.1, 0.15) is 34.8 Å². The van der Waals surface area contributed by atoms with Crippen molar-refractivity contribution in [2.24, 2.45) is 0 Å². The number of likely N-dealkylation sites (tertiary alicyclic amines) is 1. The minimum atomic E-state index is -0.401. The molecule has 0 aromatic carbocycles. The van der Waals surface area contributed by atoms with E-state index in [-0.39, 0.29) is 6.03 Å². The van der Waals surface area contributed by atoms with Crippen LogP contribution in [0, 0.1) is 0 Å². The van der Waals surface area contributed by atoms with Gasteiger partial charge in [-0.1, -0.05) is 0 Å². The van der Waals surface area contributed by atoms with E-state index in [9.17, 15) is 9.59 Å². The van der Waals surface area contributed by atoms with E-state index >= 15 is 0 Å². The van der Waals surface area contributed by atoms with Gasteiger partial charge in [0.2, 0.25) is 0 Å². The number of hydrogen-bond donors (Lipinski definition) is 2. The molecule has 0 saturated carbocycles. The van der Waals surface area contributed by atoms with Gasteiger partial charge in [0.25, 0.3) is 0 Å². The molecule has 1 aliphatic rings. The number of urea groups is 1. The maximum absolute atomic E-state index is 12.3. The lowest BCUT2D eigenvalue weighted by Gasteiger charge is -2.31. The molecule has 0 atom stereocenters. The normalized spacial score (nSPS) is 15.4. The van der Waals surface area contributed by atoms with Gasteiger partial charge in [0, 0.05) is 36.3 Å². The van der Waals surface area contributed by atoms with Crippen LogP contribution in [0.15, 0.2) is 24.0 Å². The monoisotopic (exact) mass is 334 g/mol. The molecule has 2 aromatic heterocycles. The van der Waals surface area contributed by atoms with Gasteiger partial charge in [0.15, 0.2) is 0 Å². The second-order valence-corrected chi connectivity index (χ2v) is 6.30. The molecular weight excluding hydrogens is 316 g/mol. The summed E-state index contributed by atoms with van der Waals surface area (Å²) in [6, 6.07) is 1.50. The Morgan fingerprint density at radius 1 is 1.43 bits per heavy atom. The lowest BCUT2D eigenvalue weighted by atomic mass is 9.94. The number of thiophene rings is 1. The Morgan fingerprint density at radius 2 is 2.22 bits per heavy atom. The van der Waals surface area contributed by atoms with Gasteiger partial charge >= 0.3 is 12.0 Å². The molecule has 23 heavy (non-hydrogen) atoms. The third-order valence-electron chi connectivity index (χ3n) is 3.99. The number of nitrogens with one attached hydrogen (secondary N) is 2. The van der Waals surface area contributed by atoms with Gasteiger partial charge in [0.05, 0.1) is 24.0 Å². The van der Waals surface area contributed by atoms with Gasteiger partial charge < -0.3 is 14.6 Å². The molecule has 2 aromatic rings. The third-order valence-corrected chi connectivity index (χ3v) is 4.84. The van der Waals surface area contributed by atoms with Crippen LogP contribution in [0.2, 0.25) is 0 Å². The topological polar surface area (TPSA) is 87.3 Å². The van der Waals surface area contributed by atoms with Crippen LogP contribution in [0.5, 0.6) is 0 Å². The van der Waals surface area contributed by atoms with Crippen LogP contribution in [0.25, 0.3) is 0 Å². The number of aromatic amines is 1. The summed E-state index contributed by atoms with van der Waals surface area (Å²) in [5.41, 5.74) is 1.58. The molecule has 0 bridgehead atoms. The first-order valence-corrected chi connectivity index (χ1v) is 8.26. The summed E-state index contributed by atoms with van der Waals surface area (Å²) in [5.74, 6) is 0.0244. The molecule has 0 radical (unpaired) electrons. The number of ether oxygens (including phenoxy) is 1. The molecule has 3 heterocycles. The highest BCUT2D eigenvalue weighted by molar-refractivity contribution is 7.14. The minimum Gasteiger partial charge on any atom is -0.465 e. The summed E-state index contributed by atoms with van der Waals surface area (Å²) in [6.07, 6.45) is 5.35. The average molecular weight is 334 g/mol. The number of hydrogen-bond acceptors (Lipinski definition) is 5. The number of methoxy groups -OCH3 is 1. The van der Waals surface area contributed by atoms with Crippen molar-refractivity contribution < 1.29 is 14.3 Å². The number of amides is 2. The number of aromatic nitrogens is 2. The molecule has 1 fully saturated rings. The zero-order chi connectivity index (χ0) is 16.2. The summed E-state index contributed by atoms with van der Waals surface area (Å²) in [6.45, 7) is 1.40. The SMILES string of the molecule is COC(=O)c1csc(NC(=O)N2CCC(c3cnc[nH]3)CC2)c1. The Morgan fingerprint density at radius 3 is 2.87 bits per heavy atom. The smallest absolute Gasteiger partial charge is 0.338 e. The molecule has 8 heteroatoms. The van der Waals surface area contributed by atoms with E-state index in [1.165, 1.54) is 18.4 Å². The number of rotatable bonds is 3. The van der Waals surface area contributed by atoms with E-state index in [0.29, 0.717) is 29.6 Å². The van der Waals surface area contributed by atoms with E-state index < -0.39 is 5.97 Å². The van der Waals surface area contributed by atoms with Crippen molar-refractivity contribution in [2.45, 2.75) is 18.8 Å². The van der Waals surface area contributed by atoms with Gasteiger partial charge in [-0.15, -0.1) is 11.3 Å². The van der Waals surface area contributed by atoms with E-state index in [1.54, 1.807) is 22.7 Å². The van der Waals surface area contributed by atoms with Crippen LogP contribution < -0.4 is 5.32 Å². The van der Waals surface area contributed by atoms with Crippen molar-refractivity contribution in [3.63, 3.8) is 0 Å². The highest BCUT2D eigenvalue weighted by Gasteiger charge is 2.25. The summed E-state index contributed by atoms with van der Waals surface area (Å²) >= 11 is 1.31. The van der Waals surface area contributed by atoms with Crippen LogP contribution in [-0.4, -0.2) is 47.1 Å². The molecule has 1 aliphatic heterocycles. The maximum Gasteiger partial charge on any atom is 0.338 e. The van der Waals surface area contributed by atoms with Gasteiger partial charge in [-0.2, -0.15) is 0 Å². The number of piperidine rings is 1. The van der Waals surface area contributed by atoms with Crippen LogP contribution in [-0.2, 0) is 4.74 Å². The standard InChI is InChI=1S/C15H18N4O3S/c1-22-14(20)11-6-13(23-8-11)18-15(21)19-4-2-10(3-5-19)12-7-16-9-17-12/h6-10H,2-5H2,1H3,(H,16,17)(H,18,21). The summed E-state index contributed by atoms with van der Waals surface area (Å²) in [7, 11) is 1.34. The van der Waals surface area contributed by atoms with Gasteiger partial charge in [-0.3, -0.25) is 5.32 Å². The molecule has 3 rings (SSSR count). The minimum absolute atomic E-state index is 0.133. The summed E-state index contributed by atoms with van der Waals surface area (Å²) in [4.78, 5) is 32.7. The van der Waals surface area contributed by atoms with Gasteiger partial charge in [-0.25, -0.2) is 14.6 Å². The largest absolute Gasteiger partial charge is 0.465 e. The molecule has 0 unspecified atom stereocenters. The van der Waals surface area contributed by atoms with Crippen molar-refractivity contribution in [1.82, 2.24) is 14.9 Å². The van der Waals surface area contributed by atoms with E-state index in [4.69, 9.17) is 0 Å². The summed E-state index contributed by atoms with van der Waals surface area (Å²) in [5, 5.41) is 5.16. The molecular formula is C15H18N4O3S. The Balaban J connectivity index is 1.53. The number of imidazole rings is 1. The molecule has 122 valence electrons. The lowest BCUT2D eigenvalue weighted by molar-refractivity contribution is 0.0601. The Bertz CT molecular complexity index is 675. The fourth-order valence-corrected chi connectivity index (χ4v) is 3.45. The van der Waals surface area contributed by atoms with Crippen LogP contribution in [0.4, 0.5) is 9.80 Å². The summed E-state index contributed by atoms with van der Waals surface area (Å²) < 4.78 is 4.65. The van der Waals surface area contributed by atoms with Gasteiger partial charge in [-0.05, 0) is 18.9 Å². The quantitative estimate of drug-likeness (QED) is 0.845. The fourth-order valence-electron chi connectivity index (χ4n) is 2.69. The second-order valence-electron chi connectivity index (χ2n) is 5.39.